The second kappa shape index (κ2) is 5.89. The Hall–Kier alpha value is -0.860. The highest BCUT2D eigenvalue weighted by atomic mass is 35.5. The van der Waals surface area contributed by atoms with Crippen molar-refractivity contribution < 1.29 is 4.39 Å². The average molecular weight is 228 g/mol. The number of nitrogens with one attached hydrogen (secondary N) is 1. The Labute approximate surface area is 95.8 Å². The van der Waals surface area contributed by atoms with Crippen LogP contribution in [0.4, 0.5) is 4.39 Å². The first-order valence-electron chi connectivity index (χ1n) is 5.00. The summed E-state index contributed by atoms with van der Waals surface area (Å²) in [4.78, 5) is 0. The van der Waals surface area contributed by atoms with Crippen molar-refractivity contribution in [3.63, 3.8) is 0 Å². The third kappa shape index (κ3) is 3.33. The molecule has 0 amide bonds. The van der Waals surface area contributed by atoms with Crippen molar-refractivity contribution in [2.24, 2.45) is 5.92 Å². The highest BCUT2D eigenvalue weighted by molar-refractivity contribution is 5.85. The van der Waals surface area contributed by atoms with E-state index in [1.165, 1.54) is 6.07 Å². The largest absolute Gasteiger partial charge is 0.316 e. The fourth-order valence-electron chi connectivity index (χ4n) is 1.69. The summed E-state index contributed by atoms with van der Waals surface area (Å²) in [5.41, 5.74) is 0.680. The van der Waals surface area contributed by atoms with E-state index >= 15 is 0 Å². The molecule has 3 heteroatoms. The van der Waals surface area contributed by atoms with Gasteiger partial charge in [0.2, 0.25) is 0 Å². The maximum Gasteiger partial charge on any atom is 0.130 e. The lowest BCUT2D eigenvalue weighted by Gasteiger charge is -2.00. The Morgan fingerprint density at radius 3 is 2.80 bits per heavy atom. The Morgan fingerprint density at radius 1 is 1.33 bits per heavy atom. The summed E-state index contributed by atoms with van der Waals surface area (Å²) in [5, 5.41) is 3.28. The van der Waals surface area contributed by atoms with Crippen LogP contribution < -0.4 is 5.32 Å². The molecule has 1 aromatic rings. The van der Waals surface area contributed by atoms with Crippen molar-refractivity contribution >= 4 is 18.5 Å². The first-order chi connectivity index (χ1) is 6.86. The fourth-order valence-corrected chi connectivity index (χ4v) is 1.69. The fraction of sp³-hybridized carbons (Fsp3) is 0.333. The van der Waals surface area contributed by atoms with Crippen molar-refractivity contribution in [3.8, 4) is 0 Å². The number of rotatable bonds is 2. The normalized spacial score (nSPS) is 20.5. The molecule has 1 aromatic carbocycles. The lowest BCUT2D eigenvalue weighted by Crippen LogP contribution is -2.07. The van der Waals surface area contributed by atoms with Crippen LogP contribution in [0.25, 0.3) is 6.08 Å². The van der Waals surface area contributed by atoms with Gasteiger partial charge in [-0.15, -0.1) is 12.4 Å². The van der Waals surface area contributed by atoms with Crippen LogP contribution >= 0.6 is 12.4 Å². The van der Waals surface area contributed by atoms with Gasteiger partial charge in [-0.2, -0.15) is 0 Å². The van der Waals surface area contributed by atoms with E-state index in [2.05, 4.69) is 11.4 Å². The van der Waals surface area contributed by atoms with Gasteiger partial charge in [-0.25, -0.2) is 4.39 Å². The van der Waals surface area contributed by atoms with Crippen LogP contribution in [0.2, 0.25) is 0 Å². The van der Waals surface area contributed by atoms with E-state index in [9.17, 15) is 4.39 Å². The zero-order valence-corrected chi connectivity index (χ0v) is 9.27. The molecule has 1 aliphatic rings. The third-order valence-electron chi connectivity index (χ3n) is 2.55. The van der Waals surface area contributed by atoms with Crippen molar-refractivity contribution in [3.05, 3.63) is 41.7 Å². The van der Waals surface area contributed by atoms with Crippen LogP contribution in [0, 0.1) is 11.7 Å². The zero-order valence-electron chi connectivity index (χ0n) is 8.45. The number of hydrogen-bond acceptors (Lipinski definition) is 1. The van der Waals surface area contributed by atoms with E-state index in [1.807, 2.05) is 12.1 Å². The first kappa shape index (κ1) is 12.2. The molecule has 1 fully saturated rings. The van der Waals surface area contributed by atoms with Crippen LogP contribution in [0.1, 0.15) is 12.0 Å². The van der Waals surface area contributed by atoms with Crippen molar-refractivity contribution in [2.75, 3.05) is 13.1 Å². The van der Waals surface area contributed by atoms with Crippen LogP contribution in [-0.2, 0) is 0 Å². The van der Waals surface area contributed by atoms with E-state index < -0.39 is 0 Å². The van der Waals surface area contributed by atoms with Gasteiger partial charge in [0.1, 0.15) is 5.82 Å². The molecule has 82 valence electrons. The summed E-state index contributed by atoms with van der Waals surface area (Å²) < 4.78 is 13.2. The molecule has 1 N–H and O–H groups in total. The summed E-state index contributed by atoms with van der Waals surface area (Å²) in [6, 6.07) is 6.86. The molecule has 0 saturated carbocycles. The SMILES string of the molecule is Cl.Fc1ccccc1/C=C/C1CCNC1. The van der Waals surface area contributed by atoms with Gasteiger partial charge in [-0.05, 0) is 24.9 Å². The van der Waals surface area contributed by atoms with E-state index in [0.29, 0.717) is 11.5 Å². The average Bonchev–Trinajstić information content (AvgIpc) is 2.69. The minimum Gasteiger partial charge on any atom is -0.316 e. The lowest BCUT2D eigenvalue weighted by atomic mass is 10.1. The molecule has 0 spiro atoms. The highest BCUT2D eigenvalue weighted by Crippen LogP contribution is 2.13. The second-order valence-corrected chi connectivity index (χ2v) is 3.63. The summed E-state index contributed by atoms with van der Waals surface area (Å²) in [6.45, 7) is 2.09. The molecular formula is C12H15ClFN. The van der Waals surface area contributed by atoms with Crippen LogP contribution in [0.15, 0.2) is 30.3 Å². The van der Waals surface area contributed by atoms with Crippen molar-refractivity contribution in [2.45, 2.75) is 6.42 Å². The predicted molar refractivity (Wildman–Crippen MR) is 63.7 cm³/mol. The maximum absolute atomic E-state index is 13.2. The molecule has 0 bridgehead atoms. The molecule has 1 heterocycles. The smallest absolute Gasteiger partial charge is 0.130 e. The standard InChI is InChI=1S/C12H14FN.ClH/c13-12-4-2-1-3-11(12)6-5-10-7-8-14-9-10;/h1-6,10,14H,7-9H2;1H/b6-5+;. The Kier molecular flexibility index (Phi) is 4.79. The van der Waals surface area contributed by atoms with Gasteiger partial charge in [0.15, 0.2) is 0 Å². The molecule has 1 nitrogen and oxygen atoms in total. The quantitative estimate of drug-likeness (QED) is 0.819. The van der Waals surface area contributed by atoms with Gasteiger partial charge in [-0.3, -0.25) is 0 Å². The van der Waals surface area contributed by atoms with E-state index in [1.54, 1.807) is 12.1 Å². The molecule has 1 saturated heterocycles. The van der Waals surface area contributed by atoms with E-state index in [4.69, 9.17) is 0 Å². The van der Waals surface area contributed by atoms with Crippen molar-refractivity contribution in [1.29, 1.82) is 0 Å². The monoisotopic (exact) mass is 227 g/mol. The van der Waals surface area contributed by atoms with Crippen LogP contribution in [0.5, 0.6) is 0 Å². The number of benzene rings is 1. The summed E-state index contributed by atoms with van der Waals surface area (Å²) in [7, 11) is 0. The minimum absolute atomic E-state index is 0. The molecule has 0 radical (unpaired) electrons. The highest BCUT2D eigenvalue weighted by Gasteiger charge is 2.10. The van der Waals surface area contributed by atoms with Gasteiger partial charge in [0, 0.05) is 12.1 Å². The Morgan fingerprint density at radius 2 is 2.13 bits per heavy atom. The molecule has 15 heavy (non-hydrogen) atoms. The Balaban J connectivity index is 0.00000112. The summed E-state index contributed by atoms with van der Waals surface area (Å²) in [6.07, 6.45) is 5.14. The molecule has 2 rings (SSSR count). The van der Waals surface area contributed by atoms with Gasteiger partial charge >= 0.3 is 0 Å². The molecule has 1 unspecified atom stereocenters. The minimum atomic E-state index is -0.144. The molecule has 1 atom stereocenters. The third-order valence-corrected chi connectivity index (χ3v) is 2.55. The van der Waals surface area contributed by atoms with Gasteiger partial charge in [0.05, 0.1) is 0 Å². The summed E-state index contributed by atoms with van der Waals surface area (Å²) >= 11 is 0. The van der Waals surface area contributed by atoms with E-state index in [-0.39, 0.29) is 18.2 Å². The summed E-state index contributed by atoms with van der Waals surface area (Å²) in [5.74, 6) is 0.421. The number of hydrogen-bond donors (Lipinski definition) is 1. The maximum atomic E-state index is 13.2. The predicted octanol–water partition coefficient (Wildman–Crippen LogP) is 2.87. The molecular weight excluding hydrogens is 213 g/mol. The number of halogens is 2. The Bertz CT molecular complexity index is 332. The molecule has 1 aliphatic heterocycles. The molecule has 0 aliphatic carbocycles. The molecule has 0 aromatic heterocycles. The van der Waals surface area contributed by atoms with Gasteiger partial charge in [-0.1, -0.05) is 30.4 Å². The van der Waals surface area contributed by atoms with Crippen LogP contribution in [0.3, 0.4) is 0 Å². The zero-order chi connectivity index (χ0) is 9.80. The lowest BCUT2D eigenvalue weighted by molar-refractivity contribution is 0.624. The van der Waals surface area contributed by atoms with E-state index in [0.717, 1.165) is 19.5 Å². The second-order valence-electron chi connectivity index (χ2n) is 3.63. The van der Waals surface area contributed by atoms with Gasteiger partial charge < -0.3 is 5.32 Å². The van der Waals surface area contributed by atoms with Crippen molar-refractivity contribution in [1.82, 2.24) is 5.32 Å². The van der Waals surface area contributed by atoms with Gasteiger partial charge in [0.25, 0.3) is 0 Å². The first-order valence-corrected chi connectivity index (χ1v) is 5.00. The van der Waals surface area contributed by atoms with Crippen LogP contribution in [-0.4, -0.2) is 13.1 Å². The topological polar surface area (TPSA) is 12.0 Å².